The maximum absolute atomic E-state index is 11.8. The van der Waals surface area contributed by atoms with Crippen molar-refractivity contribution in [1.82, 2.24) is 0 Å². The van der Waals surface area contributed by atoms with Crippen LogP contribution in [-0.4, -0.2) is 26.1 Å². The second kappa shape index (κ2) is 4.25. The van der Waals surface area contributed by atoms with Crippen LogP contribution in [0.5, 0.6) is 0 Å². The normalized spacial score (nSPS) is 20.4. The van der Waals surface area contributed by atoms with E-state index in [1.807, 2.05) is 13.0 Å². The van der Waals surface area contributed by atoms with E-state index in [9.17, 15) is 13.2 Å². The average Bonchev–Trinajstić information content (AvgIpc) is 2.64. The molecule has 1 saturated heterocycles. The van der Waals surface area contributed by atoms with E-state index >= 15 is 0 Å². The molecule has 1 aliphatic rings. The van der Waals surface area contributed by atoms with Crippen molar-refractivity contribution in [2.24, 2.45) is 5.14 Å². The van der Waals surface area contributed by atoms with Gasteiger partial charge in [0.1, 0.15) is 5.25 Å². The van der Waals surface area contributed by atoms with Crippen molar-refractivity contribution in [2.75, 3.05) is 17.2 Å². The second-order valence-corrected chi connectivity index (χ2v) is 6.27. The minimum Gasteiger partial charge on any atom is -0.397 e. The van der Waals surface area contributed by atoms with E-state index in [0.29, 0.717) is 11.4 Å². The van der Waals surface area contributed by atoms with E-state index in [1.165, 1.54) is 4.90 Å². The molecule has 0 radical (unpaired) electrons. The Hall–Kier alpha value is -1.60. The summed E-state index contributed by atoms with van der Waals surface area (Å²) in [7, 11) is -3.70. The Kier molecular flexibility index (Phi) is 3.04. The van der Waals surface area contributed by atoms with E-state index in [4.69, 9.17) is 10.9 Å². The first-order chi connectivity index (χ1) is 8.30. The fraction of sp³-hybridized carbons (Fsp3) is 0.364. The number of hydrogen-bond donors (Lipinski definition) is 2. The number of nitrogens with zero attached hydrogens (tertiary/aromatic N) is 1. The number of amides is 1. The highest BCUT2D eigenvalue weighted by Gasteiger charge is 2.37. The molecular formula is C11H15N3O3S. The number of aryl methyl sites for hydroxylation is 1. The van der Waals surface area contributed by atoms with E-state index in [2.05, 4.69) is 0 Å². The summed E-state index contributed by atoms with van der Waals surface area (Å²) in [5.41, 5.74) is 7.79. The van der Waals surface area contributed by atoms with Crippen LogP contribution in [0.3, 0.4) is 0 Å². The fourth-order valence-corrected chi connectivity index (χ4v) is 2.76. The molecule has 2 rings (SSSR count). The lowest BCUT2D eigenvalue weighted by atomic mass is 10.1. The zero-order valence-electron chi connectivity index (χ0n) is 9.96. The Morgan fingerprint density at radius 1 is 1.39 bits per heavy atom. The van der Waals surface area contributed by atoms with E-state index in [1.54, 1.807) is 12.1 Å². The van der Waals surface area contributed by atoms with Gasteiger partial charge in [-0.2, -0.15) is 0 Å². The number of benzene rings is 1. The molecule has 1 atom stereocenters. The Morgan fingerprint density at radius 3 is 2.61 bits per heavy atom. The summed E-state index contributed by atoms with van der Waals surface area (Å²) in [5.74, 6) is -0.272. The summed E-state index contributed by atoms with van der Waals surface area (Å²) < 4.78 is 22.6. The average molecular weight is 269 g/mol. The minimum absolute atomic E-state index is 0.0608. The molecule has 1 fully saturated rings. The summed E-state index contributed by atoms with van der Waals surface area (Å²) in [5, 5.41) is 4.22. The minimum atomic E-state index is -3.70. The first kappa shape index (κ1) is 12.8. The zero-order valence-corrected chi connectivity index (χ0v) is 10.8. The molecule has 1 aromatic rings. The molecule has 0 aromatic heterocycles. The van der Waals surface area contributed by atoms with Crippen LogP contribution in [0.4, 0.5) is 11.4 Å². The highest BCUT2D eigenvalue weighted by molar-refractivity contribution is 7.89. The van der Waals surface area contributed by atoms with Gasteiger partial charge in [0.05, 0.1) is 11.4 Å². The van der Waals surface area contributed by atoms with Crippen LogP contribution >= 0.6 is 0 Å². The number of para-hydroxylation sites is 1. The van der Waals surface area contributed by atoms with Crippen LogP contribution < -0.4 is 15.8 Å². The fourth-order valence-electron chi connectivity index (χ4n) is 2.03. The van der Waals surface area contributed by atoms with Gasteiger partial charge in [0.2, 0.25) is 15.9 Å². The quantitative estimate of drug-likeness (QED) is 0.735. The summed E-state index contributed by atoms with van der Waals surface area (Å²) >= 11 is 0. The van der Waals surface area contributed by atoms with Crippen LogP contribution in [0.2, 0.25) is 0 Å². The zero-order chi connectivity index (χ0) is 13.5. The van der Waals surface area contributed by atoms with Gasteiger partial charge in [-0.1, -0.05) is 12.1 Å². The number of rotatable bonds is 2. The first-order valence-corrected chi connectivity index (χ1v) is 7.08. The van der Waals surface area contributed by atoms with Gasteiger partial charge < -0.3 is 10.6 Å². The molecule has 1 aromatic carbocycles. The van der Waals surface area contributed by atoms with Gasteiger partial charge in [0, 0.05) is 13.0 Å². The number of carbonyl (C=O) groups is 1. The van der Waals surface area contributed by atoms with Crippen molar-refractivity contribution in [3.8, 4) is 0 Å². The monoisotopic (exact) mass is 269 g/mol. The highest BCUT2D eigenvalue weighted by Crippen LogP contribution is 2.30. The SMILES string of the molecule is Cc1cccc(N2CC(S(N)(=O)=O)CC2=O)c1N. The first-order valence-electron chi connectivity index (χ1n) is 5.48. The van der Waals surface area contributed by atoms with Gasteiger partial charge in [-0.3, -0.25) is 4.79 Å². The number of nitrogen functional groups attached to an aromatic ring is 1. The van der Waals surface area contributed by atoms with Crippen LogP contribution in [0.1, 0.15) is 12.0 Å². The predicted octanol–water partition coefficient (Wildman–Crippen LogP) is -0.0290. The van der Waals surface area contributed by atoms with Gasteiger partial charge in [0.15, 0.2) is 0 Å². The van der Waals surface area contributed by atoms with Gasteiger partial charge in [-0.05, 0) is 18.6 Å². The molecule has 1 aliphatic heterocycles. The van der Waals surface area contributed by atoms with Crippen molar-refractivity contribution in [2.45, 2.75) is 18.6 Å². The molecule has 0 saturated carbocycles. The highest BCUT2D eigenvalue weighted by atomic mass is 32.2. The standard InChI is InChI=1S/C11H15N3O3S/c1-7-3-2-4-9(11(7)12)14-6-8(5-10(14)15)18(13,16)17/h2-4,8H,5-6,12H2,1H3,(H2,13,16,17). The van der Waals surface area contributed by atoms with E-state index < -0.39 is 15.3 Å². The molecule has 1 heterocycles. The van der Waals surface area contributed by atoms with Crippen LogP contribution in [-0.2, 0) is 14.8 Å². The molecule has 4 N–H and O–H groups in total. The molecule has 0 spiro atoms. The predicted molar refractivity (Wildman–Crippen MR) is 69.5 cm³/mol. The molecule has 1 amide bonds. The molecular weight excluding hydrogens is 254 g/mol. The van der Waals surface area contributed by atoms with E-state index in [-0.39, 0.29) is 18.9 Å². The molecule has 0 aliphatic carbocycles. The summed E-state index contributed by atoms with van der Waals surface area (Å²) in [4.78, 5) is 13.2. The summed E-state index contributed by atoms with van der Waals surface area (Å²) in [6.07, 6.45) is -0.0911. The molecule has 98 valence electrons. The van der Waals surface area contributed by atoms with Crippen molar-refractivity contribution in [3.05, 3.63) is 23.8 Å². The number of sulfonamides is 1. The summed E-state index contributed by atoms with van der Waals surface area (Å²) in [6, 6.07) is 5.31. The topological polar surface area (TPSA) is 106 Å². The third-order valence-corrected chi connectivity index (χ3v) is 4.39. The Labute approximate surface area is 106 Å². The van der Waals surface area contributed by atoms with E-state index in [0.717, 1.165) is 5.56 Å². The summed E-state index contributed by atoms with van der Waals surface area (Å²) in [6.45, 7) is 1.89. The number of carbonyl (C=O) groups excluding carboxylic acids is 1. The van der Waals surface area contributed by atoms with Crippen LogP contribution in [0.15, 0.2) is 18.2 Å². The lowest BCUT2D eigenvalue weighted by molar-refractivity contribution is -0.117. The number of primary sulfonamides is 1. The Balaban J connectivity index is 2.36. The Bertz CT molecular complexity index is 598. The maximum Gasteiger partial charge on any atom is 0.228 e. The lowest BCUT2D eigenvalue weighted by Crippen LogP contribution is -2.32. The van der Waals surface area contributed by atoms with Gasteiger partial charge in [-0.25, -0.2) is 13.6 Å². The number of nitrogens with two attached hydrogens (primary N) is 2. The largest absolute Gasteiger partial charge is 0.397 e. The van der Waals surface area contributed by atoms with Crippen molar-refractivity contribution >= 4 is 27.3 Å². The Morgan fingerprint density at radius 2 is 2.06 bits per heavy atom. The second-order valence-electron chi connectivity index (χ2n) is 4.43. The van der Waals surface area contributed by atoms with Crippen molar-refractivity contribution < 1.29 is 13.2 Å². The molecule has 18 heavy (non-hydrogen) atoms. The number of anilines is 2. The molecule has 7 heteroatoms. The molecule has 1 unspecified atom stereocenters. The maximum atomic E-state index is 11.8. The van der Waals surface area contributed by atoms with Gasteiger partial charge >= 0.3 is 0 Å². The molecule has 0 bridgehead atoms. The lowest BCUT2D eigenvalue weighted by Gasteiger charge is -2.19. The third-order valence-electron chi connectivity index (χ3n) is 3.15. The smallest absolute Gasteiger partial charge is 0.228 e. The van der Waals surface area contributed by atoms with Crippen molar-refractivity contribution in [1.29, 1.82) is 0 Å². The van der Waals surface area contributed by atoms with Crippen molar-refractivity contribution in [3.63, 3.8) is 0 Å². The number of hydrogen-bond acceptors (Lipinski definition) is 4. The third kappa shape index (κ3) is 2.19. The van der Waals surface area contributed by atoms with Crippen LogP contribution in [0.25, 0.3) is 0 Å². The van der Waals surface area contributed by atoms with Gasteiger partial charge in [0.25, 0.3) is 0 Å². The van der Waals surface area contributed by atoms with Crippen LogP contribution in [0, 0.1) is 6.92 Å². The van der Waals surface area contributed by atoms with Gasteiger partial charge in [-0.15, -0.1) is 0 Å². The molecule has 6 nitrogen and oxygen atoms in total.